The highest BCUT2D eigenvalue weighted by atomic mass is 19.1. The fourth-order valence-electron chi connectivity index (χ4n) is 3.68. The summed E-state index contributed by atoms with van der Waals surface area (Å²) < 4.78 is 13.9. The number of hydrogen-bond acceptors (Lipinski definition) is 2. The van der Waals surface area contributed by atoms with E-state index in [4.69, 9.17) is 0 Å². The van der Waals surface area contributed by atoms with Crippen LogP contribution in [-0.4, -0.2) is 36.6 Å². The van der Waals surface area contributed by atoms with Gasteiger partial charge in [0.1, 0.15) is 5.82 Å². The number of piperidine rings is 1. The van der Waals surface area contributed by atoms with Gasteiger partial charge in [0.2, 0.25) is 0 Å². The molecule has 2 nitrogen and oxygen atoms in total. The Bertz CT molecular complexity index is 474. The highest BCUT2D eigenvalue weighted by molar-refractivity contribution is 5.50. The van der Waals surface area contributed by atoms with E-state index in [1.807, 2.05) is 13.0 Å². The molecule has 1 aromatic rings. The van der Waals surface area contributed by atoms with Gasteiger partial charge >= 0.3 is 0 Å². The Hall–Kier alpha value is -1.09. The minimum atomic E-state index is -0.0802. The van der Waals surface area contributed by atoms with Crippen LogP contribution >= 0.6 is 0 Å². The molecule has 0 aromatic heterocycles. The van der Waals surface area contributed by atoms with Crippen LogP contribution in [0.4, 0.5) is 10.1 Å². The first-order chi connectivity index (χ1) is 9.69. The number of aryl methyl sites for hydroxylation is 1. The van der Waals surface area contributed by atoms with E-state index in [1.54, 1.807) is 6.07 Å². The molecule has 3 rings (SSSR count). The number of rotatable bonds is 2. The zero-order valence-corrected chi connectivity index (χ0v) is 12.6. The van der Waals surface area contributed by atoms with Gasteiger partial charge in [-0.15, -0.1) is 0 Å². The molecule has 0 N–H and O–H groups in total. The molecule has 3 heteroatoms. The molecular weight excluding hydrogens is 251 g/mol. The molecule has 2 aliphatic rings. The molecule has 0 radical (unpaired) electrons. The molecule has 0 spiro atoms. The topological polar surface area (TPSA) is 6.48 Å². The molecule has 0 bridgehead atoms. The summed E-state index contributed by atoms with van der Waals surface area (Å²) in [6.45, 7) is 7.51. The summed E-state index contributed by atoms with van der Waals surface area (Å²) in [5.41, 5.74) is 1.79. The standard InChI is InChI=1S/C17H25FN2/c1-3-14-11-19-9-5-4-6-16(19)12-20(14)15-8-7-13(2)17(18)10-15/h7-8,10,14,16H,3-6,9,11-12H2,1-2H3. The van der Waals surface area contributed by atoms with Gasteiger partial charge in [-0.1, -0.05) is 19.4 Å². The molecule has 20 heavy (non-hydrogen) atoms. The summed E-state index contributed by atoms with van der Waals surface area (Å²) in [7, 11) is 0. The number of hydrogen-bond donors (Lipinski definition) is 0. The zero-order valence-electron chi connectivity index (χ0n) is 12.6. The van der Waals surface area contributed by atoms with Crippen molar-refractivity contribution in [1.82, 2.24) is 4.90 Å². The summed E-state index contributed by atoms with van der Waals surface area (Å²) in [6.07, 6.45) is 5.10. The first kappa shape index (κ1) is 13.9. The summed E-state index contributed by atoms with van der Waals surface area (Å²) >= 11 is 0. The van der Waals surface area contributed by atoms with E-state index in [1.165, 1.54) is 25.8 Å². The Labute approximate surface area is 121 Å². The number of benzene rings is 1. The van der Waals surface area contributed by atoms with Crippen molar-refractivity contribution >= 4 is 5.69 Å². The van der Waals surface area contributed by atoms with Crippen molar-refractivity contribution in [2.75, 3.05) is 24.5 Å². The first-order valence-electron chi connectivity index (χ1n) is 7.96. The van der Waals surface area contributed by atoms with Crippen molar-refractivity contribution in [2.45, 2.75) is 51.6 Å². The lowest BCUT2D eigenvalue weighted by molar-refractivity contribution is 0.111. The van der Waals surface area contributed by atoms with Gasteiger partial charge in [0, 0.05) is 30.9 Å². The van der Waals surface area contributed by atoms with E-state index in [2.05, 4.69) is 22.8 Å². The molecular formula is C17H25FN2. The second-order valence-corrected chi connectivity index (χ2v) is 6.29. The molecule has 2 atom stereocenters. The summed E-state index contributed by atoms with van der Waals surface area (Å²) in [5.74, 6) is -0.0802. The average Bonchev–Trinajstić information content (AvgIpc) is 2.48. The molecule has 0 saturated carbocycles. The number of anilines is 1. The van der Waals surface area contributed by atoms with Crippen molar-refractivity contribution in [3.63, 3.8) is 0 Å². The Morgan fingerprint density at radius 2 is 2.10 bits per heavy atom. The molecule has 2 unspecified atom stereocenters. The van der Waals surface area contributed by atoms with Gasteiger partial charge in [0.05, 0.1) is 0 Å². The molecule has 2 fully saturated rings. The van der Waals surface area contributed by atoms with Crippen LogP contribution in [0, 0.1) is 12.7 Å². The molecule has 110 valence electrons. The van der Waals surface area contributed by atoms with Gasteiger partial charge in [-0.3, -0.25) is 4.90 Å². The highest BCUT2D eigenvalue weighted by Gasteiger charge is 2.34. The van der Waals surface area contributed by atoms with Crippen LogP contribution in [0.2, 0.25) is 0 Å². The maximum Gasteiger partial charge on any atom is 0.128 e. The monoisotopic (exact) mass is 276 g/mol. The van der Waals surface area contributed by atoms with Crippen LogP contribution in [0.15, 0.2) is 18.2 Å². The Balaban J connectivity index is 1.84. The third-order valence-corrected chi connectivity index (χ3v) is 5.00. The van der Waals surface area contributed by atoms with Crippen molar-refractivity contribution in [2.24, 2.45) is 0 Å². The Morgan fingerprint density at radius 1 is 1.25 bits per heavy atom. The van der Waals surface area contributed by atoms with E-state index in [-0.39, 0.29) is 5.82 Å². The predicted molar refractivity (Wildman–Crippen MR) is 81.8 cm³/mol. The van der Waals surface area contributed by atoms with Crippen molar-refractivity contribution < 1.29 is 4.39 Å². The summed E-state index contributed by atoms with van der Waals surface area (Å²) in [4.78, 5) is 5.09. The van der Waals surface area contributed by atoms with Crippen LogP contribution < -0.4 is 4.90 Å². The SMILES string of the molecule is CCC1CN2CCCCC2CN1c1ccc(C)c(F)c1. The summed E-state index contributed by atoms with van der Waals surface area (Å²) in [5, 5.41) is 0. The van der Waals surface area contributed by atoms with E-state index in [9.17, 15) is 4.39 Å². The lowest BCUT2D eigenvalue weighted by atomic mass is 9.95. The van der Waals surface area contributed by atoms with E-state index in [0.29, 0.717) is 12.1 Å². The van der Waals surface area contributed by atoms with Crippen LogP contribution in [0.5, 0.6) is 0 Å². The zero-order chi connectivity index (χ0) is 14.1. The van der Waals surface area contributed by atoms with E-state index in [0.717, 1.165) is 30.8 Å². The smallest absolute Gasteiger partial charge is 0.128 e. The van der Waals surface area contributed by atoms with Gasteiger partial charge < -0.3 is 4.90 Å². The van der Waals surface area contributed by atoms with Gasteiger partial charge in [-0.05, 0) is 50.4 Å². The highest BCUT2D eigenvalue weighted by Crippen LogP contribution is 2.30. The average molecular weight is 276 g/mol. The number of halogens is 1. The third kappa shape index (κ3) is 2.56. The van der Waals surface area contributed by atoms with Gasteiger partial charge in [-0.2, -0.15) is 0 Å². The summed E-state index contributed by atoms with van der Waals surface area (Å²) in [6, 6.07) is 6.89. The third-order valence-electron chi connectivity index (χ3n) is 5.00. The van der Waals surface area contributed by atoms with Gasteiger partial charge in [0.15, 0.2) is 0 Å². The molecule has 0 amide bonds. The normalized spacial score (nSPS) is 27.4. The molecule has 0 aliphatic carbocycles. The Morgan fingerprint density at radius 3 is 2.85 bits per heavy atom. The van der Waals surface area contributed by atoms with Gasteiger partial charge in [-0.25, -0.2) is 4.39 Å². The second kappa shape index (κ2) is 5.72. The first-order valence-corrected chi connectivity index (χ1v) is 7.96. The second-order valence-electron chi connectivity index (χ2n) is 6.29. The van der Waals surface area contributed by atoms with Crippen LogP contribution in [-0.2, 0) is 0 Å². The maximum absolute atomic E-state index is 13.9. The van der Waals surface area contributed by atoms with Crippen LogP contribution in [0.3, 0.4) is 0 Å². The maximum atomic E-state index is 13.9. The number of piperazine rings is 1. The fraction of sp³-hybridized carbons (Fsp3) is 0.647. The Kier molecular flexibility index (Phi) is 3.97. The minimum absolute atomic E-state index is 0.0802. The molecule has 2 aliphatic heterocycles. The molecule has 1 aromatic carbocycles. The van der Waals surface area contributed by atoms with E-state index < -0.39 is 0 Å². The number of nitrogens with zero attached hydrogens (tertiary/aromatic N) is 2. The lowest BCUT2D eigenvalue weighted by Crippen LogP contribution is -2.59. The molecule has 2 saturated heterocycles. The van der Waals surface area contributed by atoms with Gasteiger partial charge in [0.25, 0.3) is 0 Å². The van der Waals surface area contributed by atoms with E-state index >= 15 is 0 Å². The van der Waals surface area contributed by atoms with Crippen molar-refractivity contribution in [1.29, 1.82) is 0 Å². The lowest BCUT2D eigenvalue weighted by Gasteiger charge is -2.49. The predicted octanol–water partition coefficient (Wildman–Crippen LogP) is 3.59. The van der Waals surface area contributed by atoms with Crippen LogP contribution in [0.25, 0.3) is 0 Å². The van der Waals surface area contributed by atoms with Crippen molar-refractivity contribution in [3.8, 4) is 0 Å². The minimum Gasteiger partial charge on any atom is -0.366 e. The quantitative estimate of drug-likeness (QED) is 0.814. The number of fused-ring (bicyclic) bond motifs is 1. The van der Waals surface area contributed by atoms with Crippen LogP contribution in [0.1, 0.15) is 38.2 Å². The molecule has 2 heterocycles. The fourth-order valence-corrected chi connectivity index (χ4v) is 3.68. The van der Waals surface area contributed by atoms with Crippen molar-refractivity contribution in [3.05, 3.63) is 29.6 Å². The largest absolute Gasteiger partial charge is 0.366 e.